The lowest BCUT2D eigenvalue weighted by Crippen LogP contribution is -2.04. The zero-order chi connectivity index (χ0) is 9.64. The molecule has 0 aromatic carbocycles. The summed E-state index contributed by atoms with van der Waals surface area (Å²) >= 11 is 0. The summed E-state index contributed by atoms with van der Waals surface area (Å²) in [6.45, 7) is 6.37. The van der Waals surface area contributed by atoms with Gasteiger partial charge in [-0.2, -0.15) is 0 Å². The molecular weight excluding hydrogens is 164 g/mol. The summed E-state index contributed by atoms with van der Waals surface area (Å²) in [4.78, 5) is 4.15. The molecule has 0 amide bonds. The van der Waals surface area contributed by atoms with Crippen LogP contribution in [0.5, 0.6) is 0 Å². The van der Waals surface area contributed by atoms with Gasteiger partial charge in [0.15, 0.2) is 0 Å². The minimum absolute atomic E-state index is 0.101. The van der Waals surface area contributed by atoms with E-state index in [1.54, 1.807) is 0 Å². The van der Waals surface area contributed by atoms with E-state index in [0.29, 0.717) is 17.2 Å². The van der Waals surface area contributed by atoms with Gasteiger partial charge in [-0.15, -0.1) is 0 Å². The zero-order valence-electron chi connectivity index (χ0n) is 8.37. The molecule has 2 atom stereocenters. The van der Waals surface area contributed by atoms with Gasteiger partial charge in [-0.25, -0.2) is 4.98 Å². The minimum atomic E-state index is -0.101. The molecule has 2 rings (SSSR count). The third kappa shape index (κ3) is 1.48. The molecular formula is C10H16N2O. The first-order valence-corrected chi connectivity index (χ1v) is 4.72. The molecule has 0 spiro atoms. The van der Waals surface area contributed by atoms with Crippen LogP contribution in [0, 0.1) is 5.41 Å². The number of hydrogen-bond donors (Lipinski definition) is 1. The van der Waals surface area contributed by atoms with Gasteiger partial charge >= 0.3 is 0 Å². The van der Waals surface area contributed by atoms with Crippen molar-refractivity contribution in [2.45, 2.75) is 39.2 Å². The Hall–Kier alpha value is -0.830. The smallest absolute Gasteiger partial charge is 0.211 e. The molecule has 2 N–H and O–H groups in total. The molecule has 1 aliphatic rings. The van der Waals surface area contributed by atoms with Crippen molar-refractivity contribution in [2.75, 3.05) is 0 Å². The van der Waals surface area contributed by atoms with Crippen molar-refractivity contribution >= 4 is 0 Å². The zero-order valence-corrected chi connectivity index (χ0v) is 8.37. The summed E-state index contributed by atoms with van der Waals surface area (Å²) in [6, 6.07) is -0.101. The lowest BCUT2D eigenvalue weighted by Gasteiger charge is -1.99. The second kappa shape index (κ2) is 2.58. The number of hydrogen-bond acceptors (Lipinski definition) is 3. The van der Waals surface area contributed by atoms with Gasteiger partial charge < -0.3 is 10.2 Å². The summed E-state index contributed by atoms with van der Waals surface area (Å²) in [6.07, 6.45) is 3.01. The number of aromatic nitrogens is 1. The Morgan fingerprint density at radius 3 is 2.69 bits per heavy atom. The molecule has 0 bridgehead atoms. The first-order valence-electron chi connectivity index (χ1n) is 4.72. The lowest BCUT2D eigenvalue weighted by molar-refractivity contribution is 0.418. The van der Waals surface area contributed by atoms with Crippen molar-refractivity contribution in [1.29, 1.82) is 0 Å². The predicted molar refractivity (Wildman–Crippen MR) is 50.2 cm³/mol. The van der Waals surface area contributed by atoms with Crippen molar-refractivity contribution in [1.82, 2.24) is 4.98 Å². The molecule has 13 heavy (non-hydrogen) atoms. The Labute approximate surface area is 78.3 Å². The van der Waals surface area contributed by atoms with Gasteiger partial charge in [0, 0.05) is 5.92 Å². The molecule has 1 aromatic heterocycles. The highest BCUT2D eigenvalue weighted by Crippen LogP contribution is 2.58. The normalized spacial score (nSPS) is 27.2. The number of oxazole rings is 1. The van der Waals surface area contributed by atoms with E-state index in [2.05, 4.69) is 18.8 Å². The van der Waals surface area contributed by atoms with E-state index in [0.717, 1.165) is 5.76 Å². The van der Waals surface area contributed by atoms with E-state index in [-0.39, 0.29) is 6.04 Å². The highest BCUT2D eigenvalue weighted by Gasteiger charge is 2.48. The summed E-state index contributed by atoms with van der Waals surface area (Å²) < 4.78 is 5.57. The summed E-state index contributed by atoms with van der Waals surface area (Å²) in [5, 5.41) is 0. The summed E-state index contributed by atoms with van der Waals surface area (Å²) in [7, 11) is 0. The van der Waals surface area contributed by atoms with Crippen molar-refractivity contribution in [3.63, 3.8) is 0 Å². The van der Waals surface area contributed by atoms with Gasteiger partial charge in [-0.1, -0.05) is 13.8 Å². The van der Waals surface area contributed by atoms with Crippen molar-refractivity contribution in [2.24, 2.45) is 11.1 Å². The van der Waals surface area contributed by atoms with Crippen LogP contribution in [-0.2, 0) is 0 Å². The first kappa shape index (κ1) is 8.75. The van der Waals surface area contributed by atoms with Gasteiger partial charge in [-0.05, 0) is 18.8 Å². The standard InChI is InChI=1S/C10H16N2O/c1-6(11)9-12-5-8(13-9)7-4-10(7,2)3/h5-7H,4,11H2,1-3H3. The third-order valence-electron chi connectivity index (χ3n) is 2.79. The maximum atomic E-state index is 5.66. The third-order valence-corrected chi connectivity index (χ3v) is 2.79. The molecule has 2 unspecified atom stereocenters. The van der Waals surface area contributed by atoms with Crippen LogP contribution in [0.1, 0.15) is 50.8 Å². The summed E-state index contributed by atoms with van der Waals surface area (Å²) in [5.41, 5.74) is 6.06. The number of nitrogens with two attached hydrogens (primary N) is 1. The topological polar surface area (TPSA) is 52.0 Å². The van der Waals surface area contributed by atoms with E-state index in [9.17, 15) is 0 Å². The average Bonchev–Trinajstić information content (AvgIpc) is 2.50. The fourth-order valence-corrected chi connectivity index (χ4v) is 1.63. The molecule has 1 saturated carbocycles. The summed E-state index contributed by atoms with van der Waals surface area (Å²) in [5.74, 6) is 2.20. The molecule has 3 nitrogen and oxygen atoms in total. The quantitative estimate of drug-likeness (QED) is 0.759. The van der Waals surface area contributed by atoms with Gasteiger partial charge in [0.2, 0.25) is 5.89 Å². The molecule has 72 valence electrons. The number of rotatable bonds is 2. The molecule has 0 aliphatic heterocycles. The Morgan fingerprint density at radius 2 is 2.31 bits per heavy atom. The van der Waals surface area contributed by atoms with E-state index in [1.807, 2.05) is 13.1 Å². The molecule has 0 radical (unpaired) electrons. The molecule has 3 heteroatoms. The van der Waals surface area contributed by atoms with Gasteiger partial charge in [0.05, 0.1) is 12.2 Å². The van der Waals surface area contributed by atoms with E-state index >= 15 is 0 Å². The molecule has 1 aromatic rings. The Kier molecular flexibility index (Phi) is 1.74. The fraction of sp³-hybridized carbons (Fsp3) is 0.700. The molecule has 0 saturated heterocycles. The van der Waals surface area contributed by atoms with Gasteiger partial charge in [0.1, 0.15) is 5.76 Å². The Balaban J connectivity index is 2.16. The lowest BCUT2D eigenvalue weighted by atomic mass is 10.1. The second-order valence-electron chi connectivity index (χ2n) is 4.63. The van der Waals surface area contributed by atoms with Crippen LogP contribution in [0.25, 0.3) is 0 Å². The second-order valence-corrected chi connectivity index (χ2v) is 4.63. The van der Waals surface area contributed by atoms with Crippen LogP contribution >= 0.6 is 0 Å². The average molecular weight is 180 g/mol. The number of nitrogens with zero attached hydrogens (tertiary/aromatic N) is 1. The largest absolute Gasteiger partial charge is 0.444 e. The maximum Gasteiger partial charge on any atom is 0.211 e. The van der Waals surface area contributed by atoms with Crippen molar-refractivity contribution in [3.8, 4) is 0 Å². The highest BCUT2D eigenvalue weighted by molar-refractivity contribution is 5.17. The Morgan fingerprint density at radius 1 is 1.69 bits per heavy atom. The van der Waals surface area contributed by atoms with Crippen LogP contribution in [-0.4, -0.2) is 4.98 Å². The first-order chi connectivity index (χ1) is 6.00. The highest BCUT2D eigenvalue weighted by atomic mass is 16.4. The SMILES string of the molecule is CC(N)c1ncc(C2CC2(C)C)o1. The van der Waals surface area contributed by atoms with Crippen LogP contribution in [0.2, 0.25) is 0 Å². The van der Waals surface area contributed by atoms with Gasteiger partial charge in [0.25, 0.3) is 0 Å². The van der Waals surface area contributed by atoms with Crippen molar-refractivity contribution < 1.29 is 4.42 Å². The van der Waals surface area contributed by atoms with E-state index in [4.69, 9.17) is 10.2 Å². The fourth-order valence-electron chi connectivity index (χ4n) is 1.63. The maximum absolute atomic E-state index is 5.66. The Bertz CT molecular complexity index is 314. The van der Waals surface area contributed by atoms with Crippen LogP contribution in [0.4, 0.5) is 0 Å². The van der Waals surface area contributed by atoms with E-state index < -0.39 is 0 Å². The van der Waals surface area contributed by atoms with E-state index in [1.165, 1.54) is 6.42 Å². The molecule has 1 aliphatic carbocycles. The van der Waals surface area contributed by atoms with Crippen LogP contribution < -0.4 is 5.73 Å². The van der Waals surface area contributed by atoms with Crippen LogP contribution in [0.15, 0.2) is 10.6 Å². The van der Waals surface area contributed by atoms with Gasteiger partial charge in [-0.3, -0.25) is 0 Å². The van der Waals surface area contributed by atoms with Crippen LogP contribution in [0.3, 0.4) is 0 Å². The molecule has 1 heterocycles. The monoisotopic (exact) mass is 180 g/mol. The van der Waals surface area contributed by atoms with Crippen molar-refractivity contribution in [3.05, 3.63) is 17.8 Å². The predicted octanol–water partition coefficient (Wildman–Crippen LogP) is 2.21. The minimum Gasteiger partial charge on any atom is -0.444 e. The molecule has 1 fully saturated rings.